The summed E-state index contributed by atoms with van der Waals surface area (Å²) in [6.45, 7) is 5.86. The first-order valence-corrected chi connectivity index (χ1v) is 11.0. The molecule has 1 aliphatic heterocycles. The zero-order valence-electron chi connectivity index (χ0n) is 19.9. The number of hydrogen-bond donors (Lipinski definition) is 2. The number of aryl methyl sites for hydroxylation is 1. The molecule has 0 spiro atoms. The van der Waals surface area contributed by atoms with Gasteiger partial charge in [0.2, 0.25) is 11.9 Å². The Bertz CT molecular complexity index is 1060. The van der Waals surface area contributed by atoms with Crippen molar-refractivity contribution in [1.29, 1.82) is 0 Å². The van der Waals surface area contributed by atoms with Gasteiger partial charge in [-0.15, -0.1) is 0 Å². The minimum Gasteiger partial charge on any atom is -0.410 e. The van der Waals surface area contributed by atoms with E-state index in [0.717, 1.165) is 12.8 Å². The van der Waals surface area contributed by atoms with Crippen molar-refractivity contribution in [3.63, 3.8) is 0 Å². The second-order valence-corrected chi connectivity index (χ2v) is 9.02. The van der Waals surface area contributed by atoms with Gasteiger partial charge in [0.15, 0.2) is 5.82 Å². The largest absolute Gasteiger partial charge is 0.415 e. The first kappa shape index (κ1) is 31.0. The summed E-state index contributed by atoms with van der Waals surface area (Å²) in [6.07, 6.45) is 0.953. The summed E-state index contributed by atoms with van der Waals surface area (Å²) in [6, 6.07) is 5.17. The predicted molar refractivity (Wildman–Crippen MR) is 147 cm³/mol. The van der Waals surface area contributed by atoms with Gasteiger partial charge in [-0.2, -0.15) is 18.5 Å². The van der Waals surface area contributed by atoms with Crippen LogP contribution < -0.4 is 20.3 Å². The minimum absolute atomic E-state index is 0. The topological polar surface area (TPSA) is 99.7 Å². The molecule has 0 saturated heterocycles. The van der Waals surface area contributed by atoms with Crippen molar-refractivity contribution >= 4 is 42.9 Å². The molecule has 9 nitrogen and oxygen atoms in total. The zero-order valence-corrected chi connectivity index (χ0v) is 20.9. The van der Waals surface area contributed by atoms with E-state index in [2.05, 4.69) is 20.6 Å². The quantitative estimate of drug-likeness (QED) is 0.582. The van der Waals surface area contributed by atoms with Crippen molar-refractivity contribution in [2.45, 2.75) is 66.6 Å². The van der Waals surface area contributed by atoms with Crippen LogP contribution in [-0.2, 0) is 4.79 Å². The van der Waals surface area contributed by atoms with E-state index >= 15 is 0 Å². The van der Waals surface area contributed by atoms with Crippen LogP contribution in [0.15, 0.2) is 24.3 Å². The lowest BCUT2D eigenvalue weighted by molar-refractivity contribution is -0.118. The molecule has 36 heavy (non-hydrogen) atoms. The Kier molecular flexibility index (Phi) is 10.5. The molecule has 2 aliphatic rings. The highest BCUT2D eigenvalue weighted by Crippen LogP contribution is 2.35. The Morgan fingerprint density at radius 2 is 1.83 bits per heavy atom. The van der Waals surface area contributed by atoms with Crippen LogP contribution in [0.25, 0.3) is 0 Å². The van der Waals surface area contributed by atoms with Gasteiger partial charge in [-0.05, 0) is 49.9 Å². The van der Waals surface area contributed by atoms with E-state index in [9.17, 15) is 14.0 Å². The van der Waals surface area contributed by atoms with E-state index in [0.29, 0.717) is 28.9 Å². The smallest absolute Gasteiger partial charge is 0.410 e. The molecule has 11 heteroatoms. The lowest BCUT2D eigenvalue weighted by atomic mass is 9.86. The van der Waals surface area contributed by atoms with E-state index in [1.54, 1.807) is 11.9 Å². The third-order valence-corrected chi connectivity index (χ3v) is 6.27. The predicted octanol–water partition coefficient (Wildman–Crippen LogP) is 4.80. The number of nitrogens with zero attached hydrogens (tertiary/aromatic N) is 4. The average molecular weight is 523 g/mol. The Morgan fingerprint density at radius 1 is 1.22 bits per heavy atom. The minimum atomic E-state index is -0.483. The monoisotopic (exact) mass is 522 g/mol. The molecule has 1 aromatic carbocycles. The standard InChI is InChI=1S/C23H29FN6O3.2CH4.H2S/c1-12(2)19-21(31)27-18-13(3)25-22(28-20(18)30(19)5)26-15-10-16(11-15)29(4)23(32)33-17-8-6-14(24)7-9-17;;;/h6-9,12,15-16,19H,10-11H2,1-5H3,(H,27,31)(H,25,26,28);2*1H4;1H2/t15?,16?,19-;;;/m0.../s1. The molecule has 1 atom stereocenters. The number of fused-ring (bicyclic) bond motifs is 1. The Balaban J connectivity index is 0.00000216. The van der Waals surface area contributed by atoms with Gasteiger partial charge in [-0.25, -0.2) is 14.2 Å². The van der Waals surface area contributed by atoms with Crippen LogP contribution in [0.3, 0.4) is 0 Å². The maximum atomic E-state index is 13.0. The van der Waals surface area contributed by atoms with Crippen LogP contribution in [0.4, 0.5) is 26.6 Å². The molecular weight excluding hydrogens is 483 g/mol. The molecular formula is C25H39FN6O3S. The number of carbonyl (C=O) groups excluding carboxylic acids is 2. The van der Waals surface area contributed by atoms with Gasteiger partial charge < -0.3 is 25.2 Å². The average Bonchev–Trinajstić information content (AvgIpc) is 2.72. The fraction of sp³-hybridized carbons (Fsp3) is 0.520. The molecule has 0 unspecified atom stereocenters. The fourth-order valence-corrected chi connectivity index (χ4v) is 4.31. The van der Waals surface area contributed by atoms with Gasteiger partial charge in [0.1, 0.15) is 23.3 Å². The third-order valence-electron chi connectivity index (χ3n) is 6.27. The Hall–Kier alpha value is -3.08. The van der Waals surface area contributed by atoms with Crippen molar-refractivity contribution in [3.8, 4) is 5.75 Å². The summed E-state index contributed by atoms with van der Waals surface area (Å²) in [4.78, 5) is 37.5. The molecule has 1 fully saturated rings. The van der Waals surface area contributed by atoms with Crippen molar-refractivity contribution in [1.82, 2.24) is 14.9 Å². The van der Waals surface area contributed by atoms with E-state index < -0.39 is 6.09 Å². The molecule has 0 radical (unpaired) electrons. The number of halogens is 1. The van der Waals surface area contributed by atoms with E-state index in [4.69, 9.17) is 4.74 Å². The number of ether oxygens (including phenoxy) is 1. The second kappa shape index (κ2) is 12.2. The molecule has 4 rings (SSSR count). The number of carbonyl (C=O) groups is 2. The number of amides is 2. The molecule has 2 amide bonds. The molecule has 1 aliphatic carbocycles. The number of aromatic nitrogens is 2. The number of rotatable bonds is 5. The number of benzene rings is 1. The van der Waals surface area contributed by atoms with Crippen LogP contribution in [0.1, 0.15) is 47.2 Å². The molecule has 0 bridgehead atoms. The highest BCUT2D eigenvalue weighted by atomic mass is 32.1. The van der Waals surface area contributed by atoms with Gasteiger partial charge in [0.25, 0.3) is 0 Å². The van der Waals surface area contributed by atoms with Gasteiger partial charge in [-0.3, -0.25) is 4.79 Å². The van der Waals surface area contributed by atoms with E-state index in [-0.39, 0.29) is 64.1 Å². The summed E-state index contributed by atoms with van der Waals surface area (Å²) in [5.74, 6) is 1.19. The Labute approximate surface area is 220 Å². The first-order chi connectivity index (χ1) is 15.6. The zero-order chi connectivity index (χ0) is 23.9. The highest BCUT2D eigenvalue weighted by molar-refractivity contribution is 7.59. The molecule has 1 aromatic heterocycles. The first-order valence-electron chi connectivity index (χ1n) is 11.0. The molecule has 2 aromatic rings. The molecule has 1 saturated carbocycles. The number of hydrogen-bond acceptors (Lipinski definition) is 7. The van der Waals surface area contributed by atoms with Crippen molar-refractivity contribution in [3.05, 3.63) is 35.8 Å². The van der Waals surface area contributed by atoms with Crippen LogP contribution in [0.5, 0.6) is 5.75 Å². The van der Waals surface area contributed by atoms with Gasteiger partial charge in [0.05, 0.1) is 5.69 Å². The summed E-state index contributed by atoms with van der Waals surface area (Å²) >= 11 is 0. The number of likely N-dealkylation sites (N-methyl/N-ethyl adjacent to an activating group) is 1. The van der Waals surface area contributed by atoms with Crippen molar-refractivity contribution in [2.24, 2.45) is 5.92 Å². The molecule has 200 valence electrons. The van der Waals surface area contributed by atoms with E-state index in [1.165, 1.54) is 24.3 Å². The highest BCUT2D eigenvalue weighted by Gasteiger charge is 2.37. The van der Waals surface area contributed by atoms with Crippen molar-refractivity contribution in [2.75, 3.05) is 29.6 Å². The second-order valence-electron chi connectivity index (χ2n) is 9.02. The lowest BCUT2D eigenvalue weighted by Crippen LogP contribution is -2.51. The molecule has 2 heterocycles. The lowest BCUT2D eigenvalue weighted by Gasteiger charge is -2.41. The van der Waals surface area contributed by atoms with Gasteiger partial charge in [-0.1, -0.05) is 28.7 Å². The van der Waals surface area contributed by atoms with Crippen LogP contribution in [-0.4, -0.2) is 59.1 Å². The molecule has 2 N–H and O–H groups in total. The Morgan fingerprint density at radius 3 is 2.42 bits per heavy atom. The SMILES string of the molecule is C.C.Cc1nc(NC2CC(N(C)C(=O)Oc3ccc(F)cc3)C2)nc2c1NC(=O)[C@H](C(C)C)N2C.S. The summed E-state index contributed by atoms with van der Waals surface area (Å²) in [5, 5.41) is 6.29. The van der Waals surface area contributed by atoms with Gasteiger partial charge in [0, 0.05) is 26.2 Å². The van der Waals surface area contributed by atoms with Crippen LogP contribution in [0.2, 0.25) is 0 Å². The number of nitrogens with one attached hydrogen (secondary N) is 2. The maximum absolute atomic E-state index is 13.0. The third kappa shape index (κ3) is 6.18. The van der Waals surface area contributed by atoms with Gasteiger partial charge >= 0.3 is 6.09 Å². The van der Waals surface area contributed by atoms with Crippen molar-refractivity contribution < 1.29 is 18.7 Å². The normalized spacial score (nSPS) is 19.9. The van der Waals surface area contributed by atoms with Crippen LogP contribution >= 0.6 is 13.5 Å². The summed E-state index contributed by atoms with van der Waals surface area (Å²) in [5.41, 5.74) is 1.33. The van der Waals surface area contributed by atoms with Crippen LogP contribution in [0, 0.1) is 18.7 Å². The maximum Gasteiger partial charge on any atom is 0.415 e. The summed E-state index contributed by atoms with van der Waals surface area (Å²) < 4.78 is 18.3. The fourth-order valence-electron chi connectivity index (χ4n) is 4.31. The van der Waals surface area contributed by atoms with E-state index in [1.807, 2.05) is 32.7 Å². The summed E-state index contributed by atoms with van der Waals surface area (Å²) in [7, 11) is 3.56. The number of anilines is 3.